The van der Waals surface area contributed by atoms with Crippen LogP contribution in [0.3, 0.4) is 0 Å². The van der Waals surface area contributed by atoms with Crippen molar-refractivity contribution in [2.24, 2.45) is 0 Å². The molecule has 0 amide bonds. The van der Waals surface area contributed by atoms with E-state index in [0.29, 0.717) is 23.1 Å². The number of methoxy groups -OCH3 is 1. The van der Waals surface area contributed by atoms with Crippen molar-refractivity contribution >= 4 is 17.6 Å². The molecule has 27 heavy (non-hydrogen) atoms. The fourth-order valence-corrected chi connectivity index (χ4v) is 2.55. The Labute approximate surface area is 158 Å². The Morgan fingerprint density at radius 3 is 2.41 bits per heavy atom. The second kappa shape index (κ2) is 9.86. The Bertz CT molecular complexity index is 888. The molecule has 0 spiro atoms. The fourth-order valence-electron chi connectivity index (χ4n) is 2.55. The molecule has 1 unspecified atom stereocenters. The minimum atomic E-state index is -0.984. The van der Waals surface area contributed by atoms with Gasteiger partial charge in [0.15, 0.2) is 24.9 Å². The Morgan fingerprint density at radius 2 is 1.89 bits per heavy atom. The van der Waals surface area contributed by atoms with Gasteiger partial charge < -0.3 is 9.84 Å². The van der Waals surface area contributed by atoms with Gasteiger partial charge in [0.2, 0.25) is 0 Å². The van der Waals surface area contributed by atoms with Crippen LogP contribution in [0.1, 0.15) is 29.0 Å². The Hall–Kier alpha value is -3.48. The number of aliphatic hydroxyl groups is 1. The highest BCUT2D eigenvalue weighted by atomic mass is 16.5. The second-order valence-electron chi connectivity index (χ2n) is 5.82. The smallest absolute Gasteiger partial charge is 0.327 e. The number of aryl methyl sites for hydroxylation is 1. The van der Waals surface area contributed by atoms with Gasteiger partial charge in [0, 0.05) is 25.2 Å². The first-order valence-electron chi connectivity index (χ1n) is 8.42. The van der Waals surface area contributed by atoms with Gasteiger partial charge in [0.05, 0.1) is 24.8 Å². The lowest BCUT2D eigenvalue weighted by molar-refractivity contribution is -0.697. The van der Waals surface area contributed by atoms with E-state index in [2.05, 4.69) is 10.8 Å². The van der Waals surface area contributed by atoms with Crippen LogP contribution in [-0.2, 0) is 16.1 Å². The Kier molecular flexibility index (Phi) is 7.25. The van der Waals surface area contributed by atoms with Gasteiger partial charge in [-0.05, 0) is 22.8 Å². The van der Waals surface area contributed by atoms with Crippen LogP contribution in [0.5, 0.6) is 0 Å². The van der Waals surface area contributed by atoms with E-state index in [4.69, 9.17) is 10.4 Å². The summed E-state index contributed by atoms with van der Waals surface area (Å²) in [4.78, 5) is 11.6. The predicted octanol–water partition coefficient (Wildman–Crippen LogP) is 2.20. The molecule has 0 aliphatic rings. The van der Waals surface area contributed by atoms with Crippen molar-refractivity contribution < 1.29 is 19.2 Å². The number of carbonyl (C=O) groups excluding carboxylic acids is 1. The number of rotatable bonds is 7. The van der Waals surface area contributed by atoms with Gasteiger partial charge in [-0.1, -0.05) is 24.3 Å². The van der Waals surface area contributed by atoms with E-state index < -0.39 is 11.9 Å². The summed E-state index contributed by atoms with van der Waals surface area (Å²) >= 11 is 0. The van der Waals surface area contributed by atoms with Gasteiger partial charge >= 0.3 is 5.97 Å². The van der Waals surface area contributed by atoms with E-state index >= 15 is 0 Å². The molecule has 6 nitrogen and oxygen atoms in total. The summed E-state index contributed by atoms with van der Waals surface area (Å²) in [5.74, 6) is -1.60. The average molecular weight is 362 g/mol. The van der Waals surface area contributed by atoms with E-state index in [1.54, 1.807) is 30.3 Å². The van der Waals surface area contributed by atoms with E-state index in [1.165, 1.54) is 7.11 Å². The SMILES string of the molecule is COC(=O)C(C#N)c1ccc(/C(C#N)=C\c2cc[n+](CCCO)cc2)cc1. The lowest BCUT2D eigenvalue weighted by atomic mass is 9.97. The number of aromatic nitrogens is 1. The minimum absolute atomic E-state index is 0.145. The van der Waals surface area contributed by atoms with Gasteiger partial charge in [-0.3, -0.25) is 4.79 Å². The van der Waals surface area contributed by atoms with Crippen molar-refractivity contribution in [2.45, 2.75) is 18.9 Å². The van der Waals surface area contributed by atoms with Crippen LogP contribution < -0.4 is 4.57 Å². The molecule has 136 valence electrons. The van der Waals surface area contributed by atoms with E-state index in [-0.39, 0.29) is 6.61 Å². The lowest BCUT2D eigenvalue weighted by Crippen LogP contribution is -2.32. The van der Waals surface area contributed by atoms with Crippen LogP contribution in [0.15, 0.2) is 48.8 Å². The number of esters is 1. The number of carbonyl (C=O) groups is 1. The lowest BCUT2D eigenvalue weighted by Gasteiger charge is -2.08. The summed E-state index contributed by atoms with van der Waals surface area (Å²) in [6.07, 6.45) is 6.25. The number of pyridine rings is 1. The van der Waals surface area contributed by atoms with E-state index in [9.17, 15) is 10.1 Å². The third-order valence-corrected chi connectivity index (χ3v) is 4.04. The second-order valence-corrected chi connectivity index (χ2v) is 5.82. The third-order valence-electron chi connectivity index (χ3n) is 4.04. The Balaban J connectivity index is 2.22. The maximum atomic E-state index is 11.6. The summed E-state index contributed by atoms with van der Waals surface area (Å²) in [6, 6.07) is 14.6. The molecule has 1 heterocycles. The summed E-state index contributed by atoms with van der Waals surface area (Å²) in [6.45, 7) is 0.874. The zero-order chi connectivity index (χ0) is 19.6. The van der Waals surface area contributed by atoms with E-state index in [0.717, 1.165) is 12.1 Å². The number of hydrogen-bond acceptors (Lipinski definition) is 5. The molecule has 2 aromatic rings. The van der Waals surface area contributed by atoms with Crippen LogP contribution in [-0.4, -0.2) is 24.8 Å². The number of aliphatic hydroxyl groups excluding tert-OH is 1. The molecular weight excluding hydrogens is 342 g/mol. The topological polar surface area (TPSA) is 98.0 Å². The molecule has 0 aliphatic carbocycles. The van der Waals surface area contributed by atoms with Gasteiger partial charge in [-0.25, -0.2) is 4.57 Å². The van der Waals surface area contributed by atoms with Crippen LogP contribution >= 0.6 is 0 Å². The number of nitrogens with zero attached hydrogens (tertiary/aromatic N) is 3. The molecule has 0 aliphatic heterocycles. The summed E-state index contributed by atoms with van der Waals surface area (Å²) < 4.78 is 6.59. The van der Waals surface area contributed by atoms with E-state index in [1.807, 2.05) is 35.2 Å². The number of nitriles is 2. The predicted molar refractivity (Wildman–Crippen MR) is 98.6 cm³/mol. The maximum absolute atomic E-state index is 11.6. The molecule has 1 N–H and O–H groups in total. The maximum Gasteiger partial charge on any atom is 0.327 e. The standard InChI is InChI=1S/C21H20N3O3/c1-27-21(26)20(15-23)18-5-3-17(4-6-18)19(14-22)13-16-7-10-24(11-8-16)9-2-12-25/h3-8,10-11,13,20,25H,2,9,12H2,1H3/q+1/b19-13-. The number of hydrogen-bond donors (Lipinski definition) is 1. The van der Waals surface area contributed by atoms with Crippen molar-refractivity contribution in [2.75, 3.05) is 13.7 Å². The minimum Gasteiger partial charge on any atom is -0.468 e. The van der Waals surface area contributed by atoms with Gasteiger partial charge in [0.25, 0.3) is 0 Å². The fraction of sp³-hybridized carbons (Fsp3) is 0.238. The molecule has 0 radical (unpaired) electrons. The molecule has 1 aromatic heterocycles. The molecule has 1 atom stereocenters. The monoisotopic (exact) mass is 362 g/mol. The summed E-state index contributed by atoms with van der Waals surface area (Å²) in [7, 11) is 1.24. The van der Waals surface area contributed by atoms with Crippen molar-refractivity contribution in [3.63, 3.8) is 0 Å². The molecule has 1 aromatic carbocycles. The Morgan fingerprint density at radius 1 is 1.22 bits per heavy atom. The zero-order valence-electron chi connectivity index (χ0n) is 15.0. The molecule has 0 bridgehead atoms. The molecular formula is C21H20N3O3+. The van der Waals surface area contributed by atoms with Crippen LogP contribution in [0, 0.1) is 22.7 Å². The average Bonchev–Trinajstić information content (AvgIpc) is 2.72. The molecule has 6 heteroatoms. The van der Waals surface area contributed by atoms with Crippen LogP contribution in [0.25, 0.3) is 11.6 Å². The van der Waals surface area contributed by atoms with Crippen LogP contribution in [0.4, 0.5) is 0 Å². The first-order chi connectivity index (χ1) is 13.1. The normalized spacial score (nSPS) is 11.9. The highest BCUT2D eigenvalue weighted by molar-refractivity contribution is 5.89. The number of allylic oxidation sites excluding steroid dienone is 1. The van der Waals surface area contributed by atoms with Crippen molar-refractivity contribution in [1.82, 2.24) is 0 Å². The molecule has 0 saturated heterocycles. The van der Waals surface area contributed by atoms with Gasteiger partial charge in [-0.2, -0.15) is 10.5 Å². The first-order valence-corrected chi connectivity index (χ1v) is 8.42. The van der Waals surface area contributed by atoms with Crippen LogP contribution in [0.2, 0.25) is 0 Å². The number of benzene rings is 1. The largest absolute Gasteiger partial charge is 0.468 e. The summed E-state index contributed by atoms with van der Waals surface area (Å²) in [5.41, 5.74) is 2.57. The van der Waals surface area contributed by atoms with Crippen molar-refractivity contribution in [1.29, 1.82) is 10.5 Å². The highest BCUT2D eigenvalue weighted by Gasteiger charge is 2.20. The molecule has 0 fully saturated rings. The quantitative estimate of drug-likeness (QED) is 0.462. The number of ether oxygens (including phenoxy) is 1. The zero-order valence-corrected chi connectivity index (χ0v) is 15.0. The molecule has 0 saturated carbocycles. The van der Waals surface area contributed by atoms with Crippen molar-refractivity contribution in [3.8, 4) is 12.1 Å². The third kappa shape index (κ3) is 5.24. The molecule has 2 rings (SSSR count). The summed E-state index contributed by atoms with van der Waals surface area (Å²) in [5, 5.41) is 27.5. The van der Waals surface area contributed by atoms with Gasteiger partial charge in [-0.15, -0.1) is 0 Å². The first kappa shape index (κ1) is 19.8. The highest BCUT2D eigenvalue weighted by Crippen LogP contribution is 2.22. The van der Waals surface area contributed by atoms with Gasteiger partial charge in [0.1, 0.15) is 0 Å². The van der Waals surface area contributed by atoms with Crippen molar-refractivity contribution in [3.05, 3.63) is 65.5 Å².